The van der Waals surface area contributed by atoms with Crippen molar-refractivity contribution in [2.45, 2.75) is 19.8 Å². The van der Waals surface area contributed by atoms with Crippen LogP contribution in [0.15, 0.2) is 0 Å². The fourth-order valence-corrected chi connectivity index (χ4v) is 1.83. The molecule has 0 aromatic heterocycles. The van der Waals surface area contributed by atoms with E-state index in [9.17, 15) is 4.79 Å². The van der Waals surface area contributed by atoms with Crippen LogP contribution in [-0.4, -0.2) is 43.5 Å². The van der Waals surface area contributed by atoms with Gasteiger partial charge in [-0.15, -0.1) is 0 Å². The molecule has 14 heavy (non-hydrogen) atoms. The molecule has 0 aromatic carbocycles. The SMILES string of the molecule is CC(CNC(=O)CN)CN1CCCC1. The van der Waals surface area contributed by atoms with Crippen LogP contribution in [0.5, 0.6) is 0 Å². The van der Waals surface area contributed by atoms with Crippen LogP contribution < -0.4 is 11.1 Å². The van der Waals surface area contributed by atoms with Crippen molar-refractivity contribution in [3.63, 3.8) is 0 Å². The molecule has 0 bridgehead atoms. The van der Waals surface area contributed by atoms with Crippen molar-refractivity contribution >= 4 is 5.91 Å². The molecule has 0 radical (unpaired) electrons. The molecule has 1 saturated heterocycles. The van der Waals surface area contributed by atoms with Gasteiger partial charge in [0.25, 0.3) is 0 Å². The second kappa shape index (κ2) is 5.98. The molecule has 0 saturated carbocycles. The predicted molar refractivity (Wildman–Crippen MR) is 56.9 cm³/mol. The van der Waals surface area contributed by atoms with E-state index in [1.807, 2.05) is 0 Å². The molecular weight excluding hydrogens is 178 g/mol. The number of rotatable bonds is 5. The fraction of sp³-hybridized carbons (Fsp3) is 0.900. The van der Waals surface area contributed by atoms with Gasteiger partial charge in [0.15, 0.2) is 0 Å². The molecule has 0 aliphatic carbocycles. The number of nitrogens with zero attached hydrogens (tertiary/aromatic N) is 1. The molecule has 4 nitrogen and oxygen atoms in total. The highest BCUT2D eigenvalue weighted by molar-refractivity contribution is 5.77. The van der Waals surface area contributed by atoms with Gasteiger partial charge in [0.2, 0.25) is 5.91 Å². The molecule has 1 fully saturated rings. The molecule has 1 heterocycles. The molecule has 1 amide bonds. The number of amides is 1. The van der Waals surface area contributed by atoms with Crippen molar-refractivity contribution in [2.75, 3.05) is 32.7 Å². The maximum atomic E-state index is 10.9. The summed E-state index contributed by atoms with van der Waals surface area (Å²) in [6, 6.07) is 0. The van der Waals surface area contributed by atoms with Crippen LogP contribution >= 0.6 is 0 Å². The van der Waals surface area contributed by atoms with Crippen molar-refractivity contribution in [1.82, 2.24) is 10.2 Å². The van der Waals surface area contributed by atoms with Gasteiger partial charge in [-0.25, -0.2) is 0 Å². The Hall–Kier alpha value is -0.610. The number of nitrogens with one attached hydrogen (secondary N) is 1. The molecule has 0 aromatic rings. The summed E-state index contributed by atoms with van der Waals surface area (Å²) < 4.78 is 0. The van der Waals surface area contributed by atoms with E-state index in [-0.39, 0.29) is 12.5 Å². The fourth-order valence-electron chi connectivity index (χ4n) is 1.83. The Morgan fingerprint density at radius 1 is 1.50 bits per heavy atom. The van der Waals surface area contributed by atoms with Crippen molar-refractivity contribution in [3.8, 4) is 0 Å². The van der Waals surface area contributed by atoms with Crippen LogP contribution in [0.4, 0.5) is 0 Å². The summed E-state index contributed by atoms with van der Waals surface area (Å²) in [5.41, 5.74) is 5.20. The summed E-state index contributed by atoms with van der Waals surface area (Å²) in [5.74, 6) is 0.460. The zero-order valence-electron chi connectivity index (χ0n) is 8.96. The summed E-state index contributed by atoms with van der Waals surface area (Å²) >= 11 is 0. The van der Waals surface area contributed by atoms with E-state index in [0.717, 1.165) is 13.1 Å². The summed E-state index contributed by atoms with van der Waals surface area (Å²) in [7, 11) is 0. The highest BCUT2D eigenvalue weighted by Crippen LogP contribution is 2.09. The average Bonchev–Trinajstić information content (AvgIpc) is 2.66. The van der Waals surface area contributed by atoms with E-state index in [2.05, 4.69) is 17.1 Å². The van der Waals surface area contributed by atoms with Crippen LogP contribution in [0.3, 0.4) is 0 Å². The molecule has 3 N–H and O–H groups in total. The monoisotopic (exact) mass is 199 g/mol. The minimum absolute atomic E-state index is 0.0572. The number of nitrogens with two attached hydrogens (primary N) is 1. The highest BCUT2D eigenvalue weighted by Gasteiger charge is 2.14. The number of likely N-dealkylation sites (tertiary alicyclic amines) is 1. The Bertz CT molecular complexity index is 178. The molecule has 1 aliphatic rings. The lowest BCUT2D eigenvalue weighted by molar-refractivity contribution is -0.119. The second-order valence-electron chi connectivity index (χ2n) is 4.12. The largest absolute Gasteiger partial charge is 0.355 e. The lowest BCUT2D eigenvalue weighted by Gasteiger charge is -2.20. The maximum absolute atomic E-state index is 10.9. The first-order valence-corrected chi connectivity index (χ1v) is 5.41. The maximum Gasteiger partial charge on any atom is 0.233 e. The van der Waals surface area contributed by atoms with Gasteiger partial charge in [-0.2, -0.15) is 0 Å². The summed E-state index contributed by atoms with van der Waals surface area (Å²) in [6.45, 7) is 6.52. The van der Waals surface area contributed by atoms with Crippen molar-refractivity contribution in [3.05, 3.63) is 0 Å². The van der Waals surface area contributed by atoms with E-state index in [1.165, 1.54) is 25.9 Å². The minimum atomic E-state index is -0.0572. The van der Waals surface area contributed by atoms with Gasteiger partial charge in [-0.3, -0.25) is 4.79 Å². The average molecular weight is 199 g/mol. The van der Waals surface area contributed by atoms with Gasteiger partial charge >= 0.3 is 0 Å². The van der Waals surface area contributed by atoms with Crippen LogP contribution in [0.2, 0.25) is 0 Å². The molecule has 1 rings (SSSR count). The first kappa shape index (κ1) is 11.5. The van der Waals surface area contributed by atoms with E-state index in [4.69, 9.17) is 5.73 Å². The van der Waals surface area contributed by atoms with Gasteiger partial charge in [-0.05, 0) is 31.8 Å². The van der Waals surface area contributed by atoms with E-state index in [0.29, 0.717) is 5.92 Å². The van der Waals surface area contributed by atoms with Crippen LogP contribution in [0.1, 0.15) is 19.8 Å². The molecule has 0 spiro atoms. The van der Waals surface area contributed by atoms with E-state index < -0.39 is 0 Å². The topological polar surface area (TPSA) is 58.4 Å². The molecule has 82 valence electrons. The van der Waals surface area contributed by atoms with Crippen molar-refractivity contribution in [2.24, 2.45) is 11.7 Å². The number of hydrogen-bond donors (Lipinski definition) is 2. The lowest BCUT2D eigenvalue weighted by atomic mass is 10.1. The molecule has 1 aliphatic heterocycles. The minimum Gasteiger partial charge on any atom is -0.355 e. The lowest BCUT2D eigenvalue weighted by Crippen LogP contribution is -2.37. The van der Waals surface area contributed by atoms with Crippen LogP contribution in [0, 0.1) is 5.92 Å². The third kappa shape index (κ3) is 4.07. The number of hydrogen-bond acceptors (Lipinski definition) is 3. The molecule has 1 unspecified atom stereocenters. The second-order valence-corrected chi connectivity index (χ2v) is 4.12. The molecular formula is C10H21N3O. The normalized spacial score (nSPS) is 19.6. The Balaban J connectivity index is 2.08. The number of carbonyl (C=O) groups excluding carboxylic acids is 1. The molecule has 4 heteroatoms. The molecule has 1 atom stereocenters. The Labute approximate surface area is 85.8 Å². The Morgan fingerprint density at radius 3 is 2.71 bits per heavy atom. The van der Waals surface area contributed by atoms with Crippen LogP contribution in [-0.2, 0) is 4.79 Å². The third-order valence-electron chi connectivity index (χ3n) is 2.60. The van der Waals surface area contributed by atoms with Gasteiger partial charge in [0.1, 0.15) is 0 Å². The summed E-state index contributed by atoms with van der Waals surface area (Å²) in [5, 5.41) is 2.82. The van der Waals surface area contributed by atoms with E-state index >= 15 is 0 Å². The van der Waals surface area contributed by atoms with E-state index in [1.54, 1.807) is 0 Å². The predicted octanol–water partition coefficient (Wildman–Crippen LogP) is -0.207. The third-order valence-corrected chi connectivity index (χ3v) is 2.60. The first-order valence-electron chi connectivity index (χ1n) is 5.41. The highest BCUT2D eigenvalue weighted by atomic mass is 16.1. The smallest absolute Gasteiger partial charge is 0.233 e. The van der Waals surface area contributed by atoms with Gasteiger partial charge < -0.3 is 16.0 Å². The quantitative estimate of drug-likeness (QED) is 0.644. The standard InChI is InChI=1S/C10H21N3O/c1-9(7-12-10(14)6-11)8-13-4-2-3-5-13/h9H,2-8,11H2,1H3,(H,12,14). The Kier molecular flexibility index (Phi) is 4.90. The number of carbonyl (C=O) groups is 1. The van der Waals surface area contributed by atoms with Crippen LogP contribution in [0.25, 0.3) is 0 Å². The Morgan fingerprint density at radius 2 is 2.14 bits per heavy atom. The van der Waals surface area contributed by atoms with Gasteiger partial charge in [0, 0.05) is 13.1 Å². The summed E-state index contributed by atoms with van der Waals surface area (Å²) in [4.78, 5) is 13.4. The first-order chi connectivity index (χ1) is 6.72. The van der Waals surface area contributed by atoms with Crippen molar-refractivity contribution in [1.29, 1.82) is 0 Å². The zero-order valence-corrected chi connectivity index (χ0v) is 8.96. The van der Waals surface area contributed by atoms with Crippen molar-refractivity contribution < 1.29 is 4.79 Å². The summed E-state index contributed by atoms with van der Waals surface area (Å²) in [6.07, 6.45) is 2.64. The zero-order chi connectivity index (χ0) is 10.4. The van der Waals surface area contributed by atoms with Gasteiger partial charge in [-0.1, -0.05) is 6.92 Å². The van der Waals surface area contributed by atoms with Gasteiger partial charge in [0.05, 0.1) is 6.54 Å².